The summed E-state index contributed by atoms with van der Waals surface area (Å²) in [5, 5.41) is 0.673. The molecule has 1 aliphatic rings. The highest BCUT2D eigenvalue weighted by Gasteiger charge is 2.19. The first-order valence-electron chi connectivity index (χ1n) is 3.21. The van der Waals surface area contributed by atoms with E-state index in [1.54, 1.807) is 0 Å². The normalized spacial score (nSPS) is 17.8. The Kier molecular flexibility index (Phi) is 2.33. The molecule has 0 N–H and O–H groups in total. The van der Waals surface area contributed by atoms with Gasteiger partial charge in [0.05, 0.1) is 12.7 Å². The number of methoxy groups -OCH3 is 1. The summed E-state index contributed by atoms with van der Waals surface area (Å²) in [5.74, 6) is -0.275. The lowest BCUT2D eigenvalue weighted by Crippen LogP contribution is -2.02. The molecule has 0 fully saturated rings. The van der Waals surface area contributed by atoms with Gasteiger partial charge in [0.25, 0.3) is 0 Å². The van der Waals surface area contributed by atoms with Crippen molar-refractivity contribution in [2.75, 3.05) is 7.11 Å². The van der Waals surface area contributed by atoms with E-state index in [1.807, 2.05) is 0 Å². The van der Waals surface area contributed by atoms with Gasteiger partial charge in [0.2, 0.25) is 0 Å². The fourth-order valence-corrected chi connectivity index (χ4v) is 1.35. The Morgan fingerprint density at radius 2 is 2.30 bits per heavy atom. The van der Waals surface area contributed by atoms with E-state index in [1.165, 1.54) is 7.11 Å². The molecule has 0 aromatic carbocycles. The van der Waals surface area contributed by atoms with Crippen LogP contribution in [-0.4, -0.2) is 13.1 Å². The third-order valence-electron chi connectivity index (χ3n) is 1.58. The topological polar surface area (TPSA) is 26.3 Å². The Bertz CT molecular complexity index is 184. The maximum absolute atomic E-state index is 10.9. The average molecular weight is 161 g/mol. The Balaban J connectivity index is 2.71. The van der Waals surface area contributed by atoms with Gasteiger partial charge in [-0.25, -0.2) is 4.79 Å². The highest BCUT2D eigenvalue weighted by molar-refractivity contribution is 6.31. The minimum absolute atomic E-state index is 0.275. The van der Waals surface area contributed by atoms with E-state index in [0.717, 1.165) is 19.3 Å². The van der Waals surface area contributed by atoms with Crippen LogP contribution in [0.15, 0.2) is 10.6 Å². The molecule has 0 heterocycles. The molecule has 0 amide bonds. The van der Waals surface area contributed by atoms with Crippen LogP contribution >= 0.6 is 11.6 Å². The van der Waals surface area contributed by atoms with E-state index >= 15 is 0 Å². The summed E-state index contributed by atoms with van der Waals surface area (Å²) in [6.07, 6.45) is 2.57. The fourth-order valence-electron chi connectivity index (χ4n) is 1.04. The number of halogens is 1. The predicted molar refractivity (Wildman–Crippen MR) is 38.7 cm³/mol. The summed E-state index contributed by atoms with van der Waals surface area (Å²) < 4.78 is 4.52. The molecule has 0 aliphatic heterocycles. The van der Waals surface area contributed by atoms with Crippen LogP contribution in [0.5, 0.6) is 0 Å². The third kappa shape index (κ3) is 1.32. The third-order valence-corrected chi connectivity index (χ3v) is 2.00. The summed E-state index contributed by atoms with van der Waals surface area (Å²) in [5.41, 5.74) is 0.657. The van der Waals surface area contributed by atoms with Gasteiger partial charge < -0.3 is 4.74 Å². The zero-order valence-electron chi connectivity index (χ0n) is 5.82. The smallest absolute Gasteiger partial charge is 0.334 e. The number of ether oxygens (including phenoxy) is 1. The summed E-state index contributed by atoms with van der Waals surface area (Å²) in [4.78, 5) is 10.9. The standard InChI is InChI=1S/C7H9ClO2/c1-10-7(9)5-3-2-4-6(5)8/h2-4H2,1H3. The van der Waals surface area contributed by atoms with Gasteiger partial charge in [-0.2, -0.15) is 0 Å². The summed E-state index contributed by atoms with van der Waals surface area (Å²) in [7, 11) is 1.37. The maximum atomic E-state index is 10.9. The molecule has 1 aliphatic carbocycles. The van der Waals surface area contributed by atoms with E-state index in [-0.39, 0.29) is 5.97 Å². The van der Waals surface area contributed by atoms with E-state index in [0.29, 0.717) is 10.6 Å². The fraction of sp³-hybridized carbons (Fsp3) is 0.571. The first-order valence-corrected chi connectivity index (χ1v) is 3.59. The van der Waals surface area contributed by atoms with Gasteiger partial charge in [0.1, 0.15) is 0 Å². The zero-order valence-corrected chi connectivity index (χ0v) is 6.57. The van der Waals surface area contributed by atoms with Gasteiger partial charge >= 0.3 is 5.97 Å². The first kappa shape index (κ1) is 7.61. The van der Waals surface area contributed by atoms with Crippen molar-refractivity contribution in [2.24, 2.45) is 0 Å². The second kappa shape index (κ2) is 3.06. The molecule has 0 atom stereocenters. The van der Waals surface area contributed by atoms with Crippen molar-refractivity contribution in [3.05, 3.63) is 10.6 Å². The molecule has 56 valence electrons. The van der Waals surface area contributed by atoms with Crippen LogP contribution in [0.3, 0.4) is 0 Å². The van der Waals surface area contributed by atoms with E-state index in [4.69, 9.17) is 11.6 Å². The molecular formula is C7H9ClO2. The number of esters is 1. The lowest BCUT2D eigenvalue weighted by atomic mass is 10.2. The molecule has 2 nitrogen and oxygen atoms in total. The second-order valence-corrected chi connectivity index (χ2v) is 2.68. The van der Waals surface area contributed by atoms with Crippen molar-refractivity contribution in [3.8, 4) is 0 Å². The summed E-state index contributed by atoms with van der Waals surface area (Å²) in [6, 6.07) is 0. The average Bonchev–Trinajstić information content (AvgIpc) is 2.34. The van der Waals surface area contributed by atoms with Crippen molar-refractivity contribution < 1.29 is 9.53 Å². The Labute approximate surface area is 64.8 Å². The quantitative estimate of drug-likeness (QED) is 0.547. The van der Waals surface area contributed by atoms with Crippen molar-refractivity contribution in [1.82, 2.24) is 0 Å². The van der Waals surface area contributed by atoms with E-state index in [9.17, 15) is 4.79 Å². The molecule has 1 rings (SSSR count). The van der Waals surface area contributed by atoms with Gasteiger partial charge in [-0.15, -0.1) is 0 Å². The lowest BCUT2D eigenvalue weighted by molar-refractivity contribution is -0.136. The van der Waals surface area contributed by atoms with Gasteiger partial charge in [-0.05, 0) is 19.3 Å². The number of hydrogen-bond donors (Lipinski definition) is 0. The molecule has 0 saturated carbocycles. The zero-order chi connectivity index (χ0) is 7.56. The largest absolute Gasteiger partial charge is 0.466 e. The minimum atomic E-state index is -0.275. The van der Waals surface area contributed by atoms with Crippen LogP contribution < -0.4 is 0 Å². The van der Waals surface area contributed by atoms with Gasteiger partial charge in [-0.3, -0.25) is 0 Å². The van der Waals surface area contributed by atoms with Crippen LogP contribution in [-0.2, 0) is 9.53 Å². The van der Waals surface area contributed by atoms with E-state index < -0.39 is 0 Å². The summed E-state index contributed by atoms with van der Waals surface area (Å²) >= 11 is 5.73. The van der Waals surface area contributed by atoms with Crippen LogP contribution in [0.25, 0.3) is 0 Å². The monoisotopic (exact) mass is 160 g/mol. The van der Waals surface area contributed by atoms with Gasteiger partial charge in [0.15, 0.2) is 0 Å². The summed E-state index contributed by atoms with van der Waals surface area (Å²) in [6.45, 7) is 0. The van der Waals surface area contributed by atoms with E-state index in [2.05, 4.69) is 4.74 Å². The van der Waals surface area contributed by atoms with Crippen LogP contribution in [0.4, 0.5) is 0 Å². The van der Waals surface area contributed by atoms with Crippen LogP contribution in [0, 0.1) is 0 Å². The van der Waals surface area contributed by atoms with Crippen molar-refractivity contribution in [2.45, 2.75) is 19.3 Å². The Morgan fingerprint density at radius 1 is 1.60 bits per heavy atom. The number of carbonyl (C=O) groups is 1. The molecule has 3 heteroatoms. The SMILES string of the molecule is COC(=O)C1=C(Cl)CCC1. The molecule has 0 spiro atoms. The highest BCUT2D eigenvalue weighted by atomic mass is 35.5. The lowest BCUT2D eigenvalue weighted by Gasteiger charge is -1.97. The number of allylic oxidation sites excluding steroid dienone is 1. The molecule has 10 heavy (non-hydrogen) atoms. The number of carbonyl (C=O) groups excluding carboxylic acids is 1. The Morgan fingerprint density at radius 3 is 2.70 bits per heavy atom. The second-order valence-electron chi connectivity index (χ2n) is 2.23. The number of hydrogen-bond acceptors (Lipinski definition) is 2. The van der Waals surface area contributed by atoms with Crippen molar-refractivity contribution >= 4 is 17.6 Å². The predicted octanol–water partition coefficient (Wildman–Crippen LogP) is 1.84. The maximum Gasteiger partial charge on any atom is 0.334 e. The van der Waals surface area contributed by atoms with Gasteiger partial charge in [-0.1, -0.05) is 11.6 Å². The molecule has 0 saturated heterocycles. The molecule has 0 bridgehead atoms. The minimum Gasteiger partial charge on any atom is -0.466 e. The van der Waals surface area contributed by atoms with Gasteiger partial charge in [0, 0.05) is 5.03 Å². The molecule has 0 aromatic rings. The highest BCUT2D eigenvalue weighted by Crippen LogP contribution is 2.29. The van der Waals surface area contributed by atoms with Crippen LogP contribution in [0.2, 0.25) is 0 Å². The first-order chi connectivity index (χ1) is 4.75. The molecule has 0 radical (unpaired) electrons. The molecular weight excluding hydrogens is 152 g/mol. The molecule has 0 unspecified atom stereocenters. The molecule has 0 aromatic heterocycles. The van der Waals surface area contributed by atoms with Crippen molar-refractivity contribution in [3.63, 3.8) is 0 Å². The van der Waals surface area contributed by atoms with Crippen molar-refractivity contribution in [1.29, 1.82) is 0 Å². The number of rotatable bonds is 1. The van der Waals surface area contributed by atoms with Crippen LogP contribution in [0.1, 0.15) is 19.3 Å². The Hall–Kier alpha value is -0.500.